The van der Waals surface area contributed by atoms with E-state index < -0.39 is 0 Å². The van der Waals surface area contributed by atoms with Crippen molar-refractivity contribution in [2.24, 2.45) is 17.8 Å². The second kappa shape index (κ2) is 4.76. The maximum absolute atomic E-state index is 12.8. The number of nitrogens with one attached hydrogen (secondary N) is 1. The van der Waals surface area contributed by atoms with Gasteiger partial charge in [0.05, 0.1) is 0 Å². The van der Waals surface area contributed by atoms with E-state index in [2.05, 4.69) is 10.2 Å². The molecule has 0 spiro atoms. The summed E-state index contributed by atoms with van der Waals surface area (Å²) in [7, 11) is 0. The lowest BCUT2D eigenvalue weighted by atomic mass is 10.0. The summed E-state index contributed by atoms with van der Waals surface area (Å²) in [5.41, 5.74) is 0. The Morgan fingerprint density at radius 3 is 2.42 bits per heavy atom. The van der Waals surface area contributed by atoms with Crippen molar-refractivity contribution in [1.82, 2.24) is 10.2 Å². The van der Waals surface area contributed by atoms with Crippen molar-refractivity contribution in [1.29, 1.82) is 0 Å². The van der Waals surface area contributed by atoms with Crippen molar-refractivity contribution in [2.75, 3.05) is 13.1 Å². The standard InChI is InChI=1S/C16H26N2O/c19-16(15-13-5-3-6-14(13)15)18(12-7-8-12)10-11-4-1-2-9-17-11/h11-15,17H,1-10H2. The first-order chi connectivity index (χ1) is 9.34. The lowest BCUT2D eigenvalue weighted by Gasteiger charge is -2.31. The molecule has 3 unspecified atom stereocenters. The molecule has 1 aliphatic heterocycles. The Balaban J connectivity index is 1.39. The highest BCUT2D eigenvalue weighted by Gasteiger charge is 2.58. The van der Waals surface area contributed by atoms with Crippen LogP contribution in [0.15, 0.2) is 0 Å². The minimum Gasteiger partial charge on any atom is -0.338 e. The van der Waals surface area contributed by atoms with E-state index in [1.54, 1.807) is 0 Å². The molecule has 0 bridgehead atoms. The van der Waals surface area contributed by atoms with Gasteiger partial charge in [-0.05, 0) is 56.9 Å². The Hall–Kier alpha value is -0.570. The summed E-state index contributed by atoms with van der Waals surface area (Å²) < 4.78 is 0. The quantitative estimate of drug-likeness (QED) is 0.842. The summed E-state index contributed by atoms with van der Waals surface area (Å²) in [5.74, 6) is 2.49. The zero-order valence-corrected chi connectivity index (χ0v) is 11.8. The lowest BCUT2D eigenvalue weighted by Crippen LogP contribution is -2.47. The van der Waals surface area contributed by atoms with Crippen LogP contribution in [-0.2, 0) is 4.79 Å². The zero-order chi connectivity index (χ0) is 12.8. The van der Waals surface area contributed by atoms with Crippen LogP contribution in [0.1, 0.15) is 51.4 Å². The van der Waals surface area contributed by atoms with Gasteiger partial charge in [0.1, 0.15) is 0 Å². The van der Waals surface area contributed by atoms with Gasteiger partial charge < -0.3 is 10.2 Å². The van der Waals surface area contributed by atoms with E-state index in [0.29, 0.717) is 23.9 Å². The Morgan fingerprint density at radius 2 is 1.79 bits per heavy atom. The van der Waals surface area contributed by atoms with Gasteiger partial charge in [-0.15, -0.1) is 0 Å². The molecule has 3 atom stereocenters. The van der Waals surface area contributed by atoms with Crippen molar-refractivity contribution >= 4 is 5.91 Å². The van der Waals surface area contributed by atoms with Crippen LogP contribution < -0.4 is 5.32 Å². The summed E-state index contributed by atoms with van der Waals surface area (Å²) in [6.45, 7) is 2.13. The molecule has 3 heteroatoms. The molecule has 3 aliphatic carbocycles. The molecule has 3 nitrogen and oxygen atoms in total. The number of hydrogen-bond acceptors (Lipinski definition) is 2. The van der Waals surface area contributed by atoms with Gasteiger partial charge in [-0.25, -0.2) is 0 Å². The summed E-state index contributed by atoms with van der Waals surface area (Å²) in [6, 6.07) is 1.16. The molecule has 1 heterocycles. The molecule has 19 heavy (non-hydrogen) atoms. The molecule has 1 N–H and O–H groups in total. The van der Waals surface area contributed by atoms with E-state index in [9.17, 15) is 4.79 Å². The third-order valence-electron chi connectivity index (χ3n) is 5.79. The molecule has 106 valence electrons. The number of fused-ring (bicyclic) bond motifs is 1. The van der Waals surface area contributed by atoms with Crippen LogP contribution in [0, 0.1) is 17.8 Å². The molecule has 1 amide bonds. The number of rotatable bonds is 4. The van der Waals surface area contributed by atoms with Crippen molar-refractivity contribution in [3.05, 3.63) is 0 Å². The van der Waals surface area contributed by atoms with E-state index >= 15 is 0 Å². The lowest BCUT2D eigenvalue weighted by molar-refractivity contribution is -0.134. The summed E-state index contributed by atoms with van der Waals surface area (Å²) in [6.07, 6.45) is 10.4. The molecule has 0 aromatic carbocycles. The van der Waals surface area contributed by atoms with Crippen molar-refractivity contribution in [3.8, 4) is 0 Å². The van der Waals surface area contributed by atoms with Gasteiger partial charge in [0.25, 0.3) is 0 Å². The fourth-order valence-electron chi connectivity index (χ4n) is 4.50. The van der Waals surface area contributed by atoms with Gasteiger partial charge in [-0.1, -0.05) is 12.8 Å². The summed E-state index contributed by atoms with van der Waals surface area (Å²) in [4.78, 5) is 15.0. The van der Waals surface area contributed by atoms with Crippen LogP contribution >= 0.6 is 0 Å². The summed E-state index contributed by atoms with van der Waals surface area (Å²) >= 11 is 0. The van der Waals surface area contributed by atoms with Gasteiger partial charge in [-0.3, -0.25) is 4.79 Å². The van der Waals surface area contributed by atoms with Gasteiger partial charge >= 0.3 is 0 Å². The second-order valence-corrected chi connectivity index (χ2v) is 7.15. The van der Waals surface area contributed by atoms with Crippen molar-refractivity contribution in [2.45, 2.75) is 63.5 Å². The zero-order valence-electron chi connectivity index (χ0n) is 11.8. The van der Waals surface area contributed by atoms with E-state index in [-0.39, 0.29) is 0 Å². The van der Waals surface area contributed by atoms with Crippen molar-refractivity contribution < 1.29 is 4.79 Å². The third kappa shape index (κ3) is 2.31. The molecule has 4 rings (SSSR count). The third-order valence-corrected chi connectivity index (χ3v) is 5.79. The number of carbonyl (C=O) groups is 1. The number of carbonyl (C=O) groups excluding carboxylic acids is 1. The van der Waals surface area contributed by atoms with Gasteiger partial charge in [0, 0.05) is 24.5 Å². The molecular formula is C16H26N2O. The van der Waals surface area contributed by atoms with Crippen LogP contribution in [0.5, 0.6) is 0 Å². The number of amides is 1. The van der Waals surface area contributed by atoms with Gasteiger partial charge in [0.15, 0.2) is 0 Å². The highest BCUT2D eigenvalue weighted by Crippen LogP contribution is 2.58. The average molecular weight is 262 g/mol. The van der Waals surface area contributed by atoms with Crippen LogP contribution in [0.25, 0.3) is 0 Å². The topological polar surface area (TPSA) is 32.3 Å². The molecule has 1 saturated heterocycles. The first-order valence-electron chi connectivity index (χ1n) is 8.38. The predicted molar refractivity (Wildman–Crippen MR) is 74.7 cm³/mol. The Bertz CT molecular complexity index is 350. The largest absolute Gasteiger partial charge is 0.338 e. The van der Waals surface area contributed by atoms with Crippen LogP contribution in [0.3, 0.4) is 0 Å². The SMILES string of the molecule is O=C(C1C2CCCC21)N(CC1CCCCN1)C1CC1. The van der Waals surface area contributed by atoms with E-state index in [0.717, 1.165) is 24.9 Å². The van der Waals surface area contributed by atoms with Crippen molar-refractivity contribution in [3.63, 3.8) is 0 Å². The highest BCUT2D eigenvalue weighted by atomic mass is 16.2. The number of hydrogen-bond donors (Lipinski definition) is 1. The first kappa shape index (κ1) is 12.2. The van der Waals surface area contributed by atoms with Crippen LogP contribution in [0.2, 0.25) is 0 Å². The average Bonchev–Trinajstić information content (AvgIpc) is 3.35. The fourth-order valence-corrected chi connectivity index (χ4v) is 4.50. The Morgan fingerprint density at radius 1 is 1.00 bits per heavy atom. The molecule has 4 aliphatic rings. The fraction of sp³-hybridized carbons (Fsp3) is 0.938. The molecule has 0 radical (unpaired) electrons. The normalized spacial score (nSPS) is 40.8. The number of piperidine rings is 1. The Labute approximate surface area is 116 Å². The molecule has 3 saturated carbocycles. The maximum Gasteiger partial charge on any atom is 0.226 e. The minimum atomic E-state index is 0.429. The maximum atomic E-state index is 12.8. The van der Waals surface area contributed by atoms with E-state index in [1.165, 1.54) is 51.4 Å². The van der Waals surface area contributed by atoms with Crippen LogP contribution in [-0.4, -0.2) is 36.0 Å². The summed E-state index contributed by atoms with van der Waals surface area (Å²) in [5, 5.41) is 3.60. The first-order valence-corrected chi connectivity index (χ1v) is 8.38. The molecule has 0 aromatic rings. The monoisotopic (exact) mass is 262 g/mol. The molecule has 4 fully saturated rings. The van der Waals surface area contributed by atoms with Gasteiger partial charge in [-0.2, -0.15) is 0 Å². The predicted octanol–water partition coefficient (Wildman–Crippen LogP) is 2.17. The smallest absolute Gasteiger partial charge is 0.226 e. The second-order valence-electron chi connectivity index (χ2n) is 7.15. The van der Waals surface area contributed by atoms with E-state index in [4.69, 9.17) is 0 Å². The number of nitrogens with zero attached hydrogens (tertiary/aromatic N) is 1. The minimum absolute atomic E-state index is 0.429. The highest BCUT2D eigenvalue weighted by molar-refractivity contribution is 5.83. The van der Waals surface area contributed by atoms with E-state index in [1.807, 2.05) is 0 Å². The molecule has 0 aromatic heterocycles. The Kier molecular flexibility index (Phi) is 3.06. The van der Waals surface area contributed by atoms with Crippen LogP contribution in [0.4, 0.5) is 0 Å². The van der Waals surface area contributed by atoms with Gasteiger partial charge in [0.2, 0.25) is 5.91 Å². The molecular weight excluding hydrogens is 236 g/mol.